The smallest absolute Gasteiger partial charge is 0.377 e. The van der Waals surface area contributed by atoms with Gasteiger partial charge in [0.1, 0.15) is 11.9 Å². The van der Waals surface area contributed by atoms with Crippen LogP contribution in [0.15, 0.2) is 16.9 Å². The second-order valence-corrected chi connectivity index (χ2v) is 9.06. The van der Waals surface area contributed by atoms with Gasteiger partial charge in [0, 0.05) is 50.0 Å². The Kier molecular flexibility index (Phi) is 5.65. The minimum Gasteiger partial charge on any atom is -0.377 e. The minimum absolute atomic E-state index is 0.0242. The molecule has 0 bridgehead atoms. The number of H-pyrrole nitrogens is 1. The molecule has 2 aliphatic rings. The van der Waals surface area contributed by atoms with E-state index in [2.05, 4.69) is 4.98 Å². The first-order valence-corrected chi connectivity index (χ1v) is 10.7. The Morgan fingerprint density at radius 2 is 1.89 bits per heavy atom. The van der Waals surface area contributed by atoms with Crippen molar-refractivity contribution in [3.8, 4) is 0 Å². The summed E-state index contributed by atoms with van der Waals surface area (Å²) in [5, 5.41) is 0. The number of piperazine rings is 1. The number of aromatic nitrogens is 1. The number of aromatic amines is 1. The lowest BCUT2D eigenvalue weighted by molar-refractivity contribution is -0.153. The third-order valence-electron chi connectivity index (χ3n) is 5.01. The fraction of sp³-hybridized carbons (Fsp3) is 0.688. The number of rotatable bonds is 3. The molecule has 2 atom stereocenters. The number of anilines is 2. The molecule has 0 aromatic carbocycles. The van der Waals surface area contributed by atoms with Crippen molar-refractivity contribution in [2.75, 3.05) is 55.4 Å². The fourth-order valence-electron chi connectivity index (χ4n) is 3.57. The van der Waals surface area contributed by atoms with E-state index in [-0.39, 0.29) is 24.9 Å². The number of ether oxygens (including phenoxy) is 1. The Balaban J connectivity index is 1.96. The summed E-state index contributed by atoms with van der Waals surface area (Å²) in [5.74, 6) is 0.0247. The van der Waals surface area contributed by atoms with Gasteiger partial charge in [0.25, 0.3) is 5.56 Å². The second-order valence-electron chi connectivity index (χ2n) is 7.08. The molecule has 1 aromatic rings. The second kappa shape index (κ2) is 7.56. The third-order valence-corrected chi connectivity index (χ3v) is 6.28. The Hall–Kier alpha value is -1.79. The van der Waals surface area contributed by atoms with Crippen LogP contribution in [0.3, 0.4) is 0 Å². The van der Waals surface area contributed by atoms with E-state index >= 15 is 0 Å². The predicted octanol–water partition coefficient (Wildman–Crippen LogP) is 0.612. The Bertz CT molecular complexity index is 873. The molecule has 2 aliphatic heterocycles. The molecule has 3 rings (SSSR count). The van der Waals surface area contributed by atoms with Crippen molar-refractivity contribution in [2.24, 2.45) is 0 Å². The van der Waals surface area contributed by atoms with Gasteiger partial charge in [-0.15, -0.1) is 0 Å². The summed E-state index contributed by atoms with van der Waals surface area (Å²) in [6.07, 6.45) is -3.78. The van der Waals surface area contributed by atoms with Gasteiger partial charge in [-0.1, -0.05) is 0 Å². The monoisotopic (exact) mass is 424 g/mol. The number of morpholine rings is 1. The molecular weight excluding hydrogens is 401 g/mol. The number of alkyl halides is 3. The zero-order valence-corrected chi connectivity index (χ0v) is 16.4. The van der Waals surface area contributed by atoms with E-state index in [0.29, 0.717) is 25.4 Å². The van der Waals surface area contributed by atoms with Crippen molar-refractivity contribution in [1.82, 2.24) is 9.29 Å². The van der Waals surface area contributed by atoms with Crippen molar-refractivity contribution < 1.29 is 26.3 Å². The van der Waals surface area contributed by atoms with Crippen LogP contribution in [0.25, 0.3) is 0 Å². The van der Waals surface area contributed by atoms with E-state index in [4.69, 9.17) is 4.74 Å². The lowest BCUT2D eigenvalue weighted by Gasteiger charge is -2.42. The van der Waals surface area contributed by atoms with Crippen LogP contribution in [0.1, 0.15) is 6.92 Å². The highest BCUT2D eigenvalue weighted by Crippen LogP contribution is 2.32. The van der Waals surface area contributed by atoms with Gasteiger partial charge in [-0.3, -0.25) is 4.79 Å². The van der Waals surface area contributed by atoms with E-state index in [9.17, 15) is 26.4 Å². The van der Waals surface area contributed by atoms with Gasteiger partial charge in [0.2, 0.25) is 10.0 Å². The Morgan fingerprint density at radius 3 is 2.50 bits per heavy atom. The third kappa shape index (κ3) is 4.44. The Labute approximate surface area is 160 Å². The standard InChI is InChI=1S/C16H23F3N4O4S/c1-11-10-27-6-5-22(11)12-7-14(20-15(24)8-12)23-4-3-21(28(2,25)26)9-13(23)16(17,18)19/h7-8,11,13H,3-6,9-10H2,1-2H3,(H,20,24)/t11-,13-/m1/s1. The van der Waals surface area contributed by atoms with Crippen LogP contribution in [-0.2, 0) is 14.8 Å². The number of sulfonamides is 1. The molecule has 2 saturated heterocycles. The van der Waals surface area contributed by atoms with Gasteiger partial charge in [0.15, 0.2) is 0 Å². The van der Waals surface area contributed by atoms with Crippen LogP contribution >= 0.6 is 0 Å². The molecule has 0 radical (unpaired) electrons. The van der Waals surface area contributed by atoms with Crippen molar-refractivity contribution in [1.29, 1.82) is 0 Å². The molecule has 158 valence electrons. The summed E-state index contributed by atoms with van der Waals surface area (Å²) in [5.41, 5.74) is -0.00123. The molecule has 0 amide bonds. The molecule has 12 heteroatoms. The molecule has 1 N–H and O–H groups in total. The number of nitrogens with one attached hydrogen (secondary N) is 1. The van der Waals surface area contributed by atoms with Crippen molar-refractivity contribution in [3.63, 3.8) is 0 Å². The minimum atomic E-state index is -4.66. The topological polar surface area (TPSA) is 85.9 Å². The molecule has 2 fully saturated rings. The maximum atomic E-state index is 13.7. The Morgan fingerprint density at radius 1 is 1.18 bits per heavy atom. The normalized spacial score (nSPS) is 25.2. The van der Waals surface area contributed by atoms with Crippen LogP contribution in [0, 0.1) is 0 Å². The van der Waals surface area contributed by atoms with Gasteiger partial charge >= 0.3 is 6.18 Å². The first-order chi connectivity index (χ1) is 13.0. The summed E-state index contributed by atoms with van der Waals surface area (Å²) in [7, 11) is -3.75. The molecule has 0 spiro atoms. The van der Waals surface area contributed by atoms with Crippen molar-refractivity contribution >= 4 is 21.5 Å². The van der Waals surface area contributed by atoms with Crippen LogP contribution in [0.5, 0.6) is 0 Å². The predicted molar refractivity (Wildman–Crippen MR) is 98.3 cm³/mol. The molecular formula is C16H23F3N4O4S. The lowest BCUT2D eigenvalue weighted by atomic mass is 10.1. The largest absolute Gasteiger partial charge is 0.410 e. The quantitative estimate of drug-likeness (QED) is 0.766. The zero-order valence-electron chi connectivity index (χ0n) is 15.6. The SMILES string of the molecule is C[C@@H]1COCCN1c1cc(N2CCN(S(C)(=O)=O)C[C@@H]2C(F)(F)F)[nH]c(=O)c1. The van der Waals surface area contributed by atoms with E-state index < -0.39 is 34.3 Å². The summed E-state index contributed by atoms with van der Waals surface area (Å²) in [6.45, 7) is 2.35. The van der Waals surface area contributed by atoms with Gasteiger partial charge in [0.05, 0.1) is 19.5 Å². The van der Waals surface area contributed by atoms with E-state index in [1.165, 1.54) is 12.1 Å². The van der Waals surface area contributed by atoms with Crippen LogP contribution in [-0.4, -0.2) is 81.6 Å². The average Bonchev–Trinajstić information content (AvgIpc) is 2.59. The van der Waals surface area contributed by atoms with Gasteiger partial charge in [-0.2, -0.15) is 17.5 Å². The van der Waals surface area contributed by atoms with Crippen LogP contribution in [0.4, 0.5) is 24.7 Å². The summed E-state index contributed by atoms with van der Waals surface area (Å²) >= 11 is 0. The van der Waals surface area contributed by atoms with E-state index in [0.717, 1.165) is 15.5 Å². The van der Waals surface area contributed by atoms with Gasteiger partial charge in [-0.25, -0.2) is 8.42 Å². The molecule has 0 saturated carbocycles. The van der Waals surface area contributed by atoms with Gasteiger partial charge < -0.3 is 19.5 Å². The number of hydrogen-bond acceptors (Lipinski definition) is 6. The molecule has 0 unspecified atom stereocenters. The van der Waals surface area contributed by atoms with Crippen molar-refractivity contribution in [3.05, 3.63) is 22.5 Å². The van der Waals surface area contributed by atoms with E-state index in [1.54, 1.807) is 0 Å². The molecule has 3 heterocycles. The van der Waals surface area contributed by atoms with Crippen LogP contribution in [0.2, 0.25) is 0 Å². The van der Waals surface area contributed by atoms with Crippen molar-refractivity contribution in [2.45, 2.75) is 25.2 Å². The molecule has 8 nitrogen and oxygen atoms in total. The fourth-order valence-corrected chi connectivity index (χ4v) is 4.40. The summed E-state index contributed by atoms with van der Waals surface area (Å²) in [6, 6.07) is 0.784. The highest BCUT2D eigenvalue weighted by atomic mass is 32.2. The number of hydrogen-bond donors (Lipinski definition) is 1. The molecule has 28 heavy (non-hydrogen) atoms. The first kappa shape index (κ1) is 20.9. The summed E-state index contributed by atoms with van der Waals surface area (Å²) in [4.78, 5) is 17.6. The maximum Gasteiger partial charge on any atom is 0.410 e. The number of nitrogens with zero attached hydrogens (tertiary/aromatic N) is 3. The number of pyridine rings is 1. The average molecular weight is 424 g/mol. The molecule has 1 aromatic heterocycles. The highest BCUT2D eigenvalue weighted by Gasteiger charge is 2.48. The number of halogens is 3. The molecule has 0 aliphatic carbocycles. The zero-order chi connectivity index (χ0) is 20.7. The highest BCUT2D eigenvalue weighted by molar-refractivity contribution is 7.88. The first-order valence-electron chi connectivity index (χ1n) is 8.84. The lowest BCUT2D eigenvalue weighted by Crippen LogP contribution is -2.60. The van der Waals surface area contributed by atoms with E-state index in [1.807, 2.05) is 11.8 Å². The van der Waals surface area contributed by atoms with Crippen LogP contribution < -0.4 is 15.4 Å². The maximum absolute atomic E-state index is 13.7. The van der Waals surface area contributed by atoms with Gasteiger partial charge in [-0.05, 0) is 6.92 Å². The summed E-state index contributed by atoms with van der Waals surface area (Å²) < 4.78 is 70.6.